The van der Waals surface area contributed by atoms with Gasteiger partial charge in [0.05, 0.1) is 13.2 Å². The molecule has 1 rings (SSSR count). The van der Waals surface area contributed by atoms with Crippen molar-refractivity contribution in [3.05, 3.63) is 18.7 Å². The average molecular weight is 275 g/mol. The van der Waals surface area contributed by atoms with Crippen LogP contribution < -0.4 is 4.57 Å². The molecule has 0 atom stereocenters. The van der Waals surface area contributed by atoms with E-state index in [1.165, 1.54) is 25.5 Å². The first kappa shape index (κ1) is 15.2. The maximum absolute atomic E-state index is 11.7. The van der Waals surface area contributed by atoms with Gasteiger partial charge in [-0.1, -0.05) is 26.7 Å². The average Bonchev–Trinajstić information content (AvgIpc) is 2.82. The Labute approximate surface area is 110 Å². The van der Waals surface area contributed by atoms with Gasteiger partial charge in [0, 0.05) is 0 Å². The van der Waals surface area contributed by atoms with Crippen molar-refractivity contribution in [1.82, 2.24) is 3.97 Å². The Balaban J connectivity index is 2.52. The van der Waals surface area contributed by atoms with E-state index in [-0.39, 0.29) is 6.61 Å². The van der Waals surface area contributed by atoms with Crippen LogP contribution in [0, 0.1) is 0 Å². The summed E-state index contributed by atoms with van der Waals surface area (Å²) in [5.41, 5.74) is 0. The molecule has 5 nitrogen and oxygen atoms in total. The Morgan fingerprint density at radius 1 is 1.17 bits per heavy atom. The third-order valence-corrected chi connectivity index (χ3v) is 3.83. The predicted octanol–water partition coefficient (Wildman–Crippen LogP) is 1.88. The number of nitrogens with zero attached hydrogens (tertiary/aromatic N) is 2. The Morgan fingerprint density at radius 2 is 1.94 bits per heavy atom. The van der Waals surface area contributed by atoms with Gasteiger partial charge in [-0.15, -0.1) is 3.97 Å². The van der Waals surface area contributed by atoms with Crippen molar-refractivity contribution in [2.24, 2.45) is 0 Å². The molecule has 104 valence electrons. The summed E-state index contributed by atoms with van der Waals surface area (Å²) in [6, 6.07) is 0. The van der Waals surface area contributed by atoms with Gasteiger partial charge in [-0.2, -0.15) is 8.42 Å². The highest BCUT2D eigenvalue weighted by Gasteiger charge is 2.20. The first-order chi connectivity index (χ1) is 8.60. The van der Waals surface area contributed by atoms with E-state index in [0.717, 1.165) is 16.9 Å². The second-order valence-electron chi connectivity index (χ2n) is 4.32. The van der Waals surface area contributed by atoms with Crippen molar-refractivity contribution in [3.8, 4) is 0 Å². The molecule has 0 aliphatic heterocycles. The normalized spacial score (nSPS) is 11.9. The molecule has 1 heterocycles. The van der Waals surface area contributed by atoms with E-state index in [1.807, 2.05) is 11.5 Å². The molecule has 6 heteroatoms. The number of imidazole rings is 1. The van der Waals surface area contributed by atoms with Crippen LogP contribution in [0.2, 0.25) is 0 Å². The highest BCUT2D eigenvalue weighted by molar-refractivity contribution is 7.85. The molecule has 1 aromatic rings. The maximum Gasteiger partial charge on any atom is 0.441 e. The van der Waals surface area contributed by atoms with Gasteiger partial charge in [0.1, 0.15) is 12.4 Å². The van der Waals surface area contributed by atoms with E-state index in [2.05, 4.69) is 6.92 Å². The zero-order valence-corrected chi connectivity index (χ0v) is 12.0. The Morgan fingerprint density at radius 3 is 2.61 bits per heavy atom. The molecule has 0 saturated heterocycles. The first-order valence-electron chi connectivity index (χ1n) is 6.57. The van der Waals surface area contributed by atoms with E-state index in [0.29, 0.717) is 6.42 Å². The Bertz CT molecular complexity index is 440. The van der Waals surface area contributed by atoms with E-state index in [4.69, 9.17) is 4.18 Å². The van der Waals surface area contributed by atoms with Gasteiger partial charge in [-0.3, -0.25) is 0 Å². The fourth-order valence-corrected chi connectivity index (χ4v) is 2.55. The summed E-state index contributed by atoms with van der Waals surface area (Å²) in [6.07, 6.45) is 10.2. The van der Waals surface area contributed by atoms with E-state index >= 15 is 0 Å². The van der Waals surface area contributed by atoms with Gasteiger partial charge < -0.3 is 0 Å². The lowest BCUT2D eigenvalue weighted by Gasteiger charge is -1.99. The molecule has 0 spiro atoms. The summed E-state index contributed by atoms with van der Waals surface area (Å²) in [5.74, 6) is 0. The lowest BCUT2D eigenvalue weighted by atomic mass is 10.2. The van der Waals surface area contributed by atoms with Crippen molar-refractivity contribution in [1.29, 1.82) is 0 Å². The molecule has 0 aliphatic rings. The van der Waals surface area contributed by atoms with Crippen LogP contribution in [-0.4, -0.2) is 19.0 Å². The Kier molecular flexibility index (Phi) is 6.35. The fraction of sp³-hybridized carbons (Fsp3) is 0.750. The number of hydrogen-bond donors (Lipinski definition) is 0. The molecule has 0 aromatic carbocycles. The van der Waals surface area contributed by atoms with E-state index in [1.54, 1.807) is 12.5 Å². The molecule has 0 N–H and O–H groups in total. The zero-order chi connectivity index (χ0) is 13.4. The number of rotatable bonds is 9. The van der Waals surface area contributed by atoms with Gasteiger partial charge in [0.15, 0.2) is 0 Å². The van der Waals surface area contributed by atoms with Crippen LogP contribution in [0.3, 0.4) is 0 Å². The van der Waals surface area contributed by atoms with Gasteiger partial charge in [0.2, 0.25) is 0 Å². The van der Waals surface area contributed by atoms with Crippen LogP contribution in [0.25, 0.3) is 0 Å². The van der Waals surface area contributed by atoms with Crippen LogP contribution in [-0.2, 0) is 21.0 Å². The molecule has 0 amide bonds. The Hall–Kier alpha value is -0.880. The van der Waals surface area contributed by atoms with Crippen LogP contribution >= 0.6 is 0 Å². The van der Waals surface area contributed by atoms with Crippen LogP contribution in [0.4, 0.5) is 0 Å². The monoisotopic (exact) mass is 275 g/mol. The van der Waals surface area contributed by atoms with Crippen LogP contribution in [0.1, 0.15) is 46.0 Å². The SMILES string of the molecule is CCCCCC[n+]1ccn(S(=O)(=O)OCCC)c1. The summed E-state index contributed by atoms with van der Waals surface area (Å²) in [5, 5.41) is 0. The van der Waals surface area contributed by atoms with Crippen LogP contribution in [0.15, 0.2) is 18.7 Å². The molecule has 0 unspecified atom stereocenters. The van der Waals surface area contributed by atoms with Crippen molar-refractivity contribution in [3.63, 3.8) is 0 Å². The summed E-state index contributed by atoms with van der Waals surface area (Å²) >= 11 is 0. The van der Waals surface area contributed by atoms with Gasteiger partial charge in [0.25, 0.3) is 6.33 Å². The van der Waals surface area contributed by atoms with E-state index in [9.17, 15) is 8.42 Å². The molecular formula is C12H23N2O3S+. The molecule has 0 radical (unpaired) electrons. The minimum absolute atomic E-state index is 0.219. The minimum Gasteiger partial charge on any atom is -0.236 e. The topological polar surface area (TPSA) is 52.2 Å². The summed E-state index contributed by atoms with van der Waals surface area (Å²) in [6.45, 7) is 5.10. The van der Waals surface area contributed by atoms with Gasteiger partial charge in [-0.05, 0) is 19.3 Å². The smallest absolute Gasteiger partial charge is 0.236 e. The highest BCUT2D eigenvalue weighted by Crippen LogP contribution is 2.01. The highest BCUT2D eigenvalue weighted by atomic mass is 32.2. The van der Waals surface area contributed by atoms with Gasteiger partial charge >= 0.3 is 10.3 Å². The van der Waals surface area contributed by atoms with Crippen molar-refractivity contribution in [2.75, 3.05) is 6.61 Å². The predicted molar refractivity (Wildman–Crippen MR) is 69.3 cm³/mol. The van der Waals surface area contributed by atoms with Gasteiger partial charge in [-0.25, -0.2) is 8.75 Å². The minimum atomic E-state index is -3.64. The first-order valence-corrected chi connectivity index (χ1v) is 7.93. The lowest BCUT2D eigenvalue weighted by Crippen LogP contribution is -2.31. The quantitative estimate of drug-likeness (QED) is 0.511. The molecule has 18 heavy (non-hydrogen) atoms. The molecule has 0 aliphatic carbocycles. The molecule has 0 bridgehead atoms. The number of hydrogen-bond acceptors (Lipinski definition) is 3. The summed E-state index contributed by atoms with van der Waals surface area (Å²) < 4.78 is 31.3. The van der Waals surface area contributed by atoms with Crippen molar-refractivity contribution in [2.45, 2.75) is 52.5 Å². The third-order valence-electron chi connectivity index (χ3n) is 2.63. The lowest BCUT2D eigenvalue weighted by molar-refractivity contribution is -0.696. The van der Waals surface area contributed by atoms with E-state index < -0.39 is 10.3 Å². The van der Waals surface area contributed by atoms with Crippen molar-refractivity contribution >= 4 is 10.3 Å². The molecular weight excluding hydrogens is 252 g/mol. The number of unbranched alkanes of at least 4 members (excludes halogenated alkanes) is 3. The molecule has 0 saturated carbocycles. The second-order valence-corrected chi connectivity index (χ2v) is 5.83. The summed E-state index contributed by atoms with van der Waals surface area (Å²) in [7, 11) is -3.64. The fourth-order valence-electron chi connectivity index (χ4n) is 1.61. The second kappa shape index (κ2) is 7.53. The largest absolute Gasteiger partial charge is 0.441 e. The number of aryl methyl sites for hydroxylation is 1. The van der Waals surface area contributed by atoms with Crippen LogP contribution in [0.5, 0.6) is 0 Å². The maximum atomic E-state index is 11.7. The summed E-state index contributed by atoms with van der Waals surface area (Å²) in [4.78, 5) is 0. The molecule has 0 fully saturated rings. The molecule has 1 aromatic heterocycles. The third kappa shape index (κ3) is 4.78. The number of aromatic nitrogens is 2. The zero-order valence-electron chi connectivity index (χ0n) is 11.2. The van der Waals surface area contributed by atoms with Crippen molar-refractivity contribution < 1.29 is 17.2 Å². The standard InChI is InChI=1S/C12H23N2O3S/c1-3-5-6-7-8-13-9-10-14(12-13)18(15,16)17-11-4-2/h9-10,12H,3-8,11H2,1-2H3/q+1.